The minimum absolute atomic E-state index is 0.0214. The Kier molecular flexibility index (Phi) is 4.79. The SMILES string of the molecule is CCOC(=O)c1cnc2n(c1=O)C[C@@H](C)C[C@@H]2Cc1ccccc1. The Hall–Kier alpha value is -2.43. The molecule has 5 nitrogen and oxygen atoms in total. The van der Waals surface area contributed by atoms with Crippen LogP contribution in [0.3, 0.4) is 0 Å². The van der Waals surface area contributed by atoms with E-state index < -0.39 is 5.97 Å². The molecule has 126 valence electrons. The molecule has 0 amide bonds. The van der Waals surface area contributed by atoms with E-state index in [0.717, 1.165) is 18.7 Å². The van der Waals surface area contributed by atoms with Crippen LogP contribution in [0, 0.1) is 5.92 Å². The van der Waals surface area contributed by atoms with Crippen molar-refractivity contribution >= 4 is 5.97 Å². The van der Waals surface area contributed by atoms with Gasteiger partial charge in [-0.3, -0.25) is 9.36 Å². The Morgan fingerprint density at radius 3 is 2.79 bits per heavy atom. The Morgan fingerprint density at radius 2 is 2.08 bits per heavy atom. The second kappa shape index (κ2) is 6.99. The van der Waals surface area contributed by atoms with Gasteiger partial charge in [-0.05, 0) is 31.2 Å². The molecule has 2 aromatic rings. The predicted molar refractivity (Wildman–Crippen MR) is 91.1 cm³/mol. The summed E-state index contributed by atoms with van der Waals surface area (Å²) in [6.45, 7) is 4.69. The zero-order chi connectivity index (χ0) is 17.1. The lowest BCUT2D eigenvalue weighted by molar-refractivity contribution is 0.0522. The van der Waals surface area contributed by atoms with Crippen LogP contribution in [-0.2, 0) is 17.7 Å². The molecule has 1 aliphatic heterocycles. The van der Waals surface area contributed by atoms with Crippen LogP contribution in [0.2, 0.25) is 0 Å². The molecule has 2 atom stereocenters. The lowest BCUT2D eigenvalue weighted by Crippen LogP contribution is -2.37. The molecule has 3 rings (SSSR count). The number of carbonyl (C=O) groups excluding carboxylic acids is 1. The van der Waals surface area contributed by atoms with Crippen LogP contribution >= 0.6 is 0 Å². The molecule has 0 spiro atoms. The van der Waals surface area contributed by atoms with Gasteiger partial charge in [0, 0.05) is 18.7 Å². The first-order valence-corrected chi connectivity index (χ1v) is 8.41. The zero-order valence-electron chi connectivity index (χ0n) is 14.1. The second-order valence-corrected chi connectivity index (χ2v) is 6.39. The van der Waals surface area contributed by atoms with Gasteiger partial charge >= 0.3 is 5.97 Å². The second-order valence-electron chi connectivity index (χ2n) is 6.39. The van der Waals surface area contributed by atoms with Crippen LogP contribution in [0.25, 0.3) is 0 Å². The molecule has 5 heteroatoms. The van der Waals surface area contributed by atoms with Crippen LogP contribution < -0.4 is 5.56 Å². The van der Waals surface area contributed by atoms with Gasteiger partial charge in [0.15, 0.2) is 0 Å². The lowest BCUT2D eigenvalue weighted by Gasteiger charge is -2.30. The van der Waals surface area contributed by atoms with Crippen molar-refractivity contribution in [2.75, 3.05) is 6.61 Å². The van der Waals surface area contributed by atoms with Crippen LogP contribution in [-0.4, -0.2) is 22.1 Å². The van der Waals surface area contributed by atoms with Gasteiger partial charge in [0.25, 0.3) is 5.56 Å². The zero-order valence-corrected chi connectivity index (χ0v) is 14.1. The highest BCUT2D eigenvalue weighted by Crippen LogP contribution is 2.31. The molecule has 0 radical (unpaired) electrons. The molecule has 1 aliphatic rings. The number of rotatable bonds is 4. The summed E-state index contributed by atoms with van der Waals surface area (Å²) >= 11 is 0. The van der Waals surface area contributed by atoms with E-state index >= 15 is 0 Å². The number of hydrogen-bond donors (Lipinski definition) is 0. The van der Waals surface area contributed by atoms with E-state index in [1.165, 1.54) is 11.8 Å². The molecule has 0 N–H and O–H groups in total. The molecule has 1 aromatic heterocycles. The van der Waals surface area contributed by atoms with Crippen LogP contribution in [0.4, 0.5) is 0 Å². The fourth-order valence-electron chi connectivity index (χ4n) is 3.41. The summed E-state index contributed by atoms with van der Waals surface area (Å²) in [5.41, 5.74) is 0.961. The van der Waals surface area contributed by atoms with Crippen molar-refractivity contribution in [1.29, 1.82) is 0 Å². The fourth-order valence-corrected chi connectivity index (χ4v) is 3.41. The first kappa shape index (κ1) is 16.4. The first-order chi connectivity index (χ1) is 11.6. The molecule has 0 saturated heterocycles. The molecule has 0 aliphatic carbocycles. The summed E-state index contributed by atoms with van der Waals surface area (Å²) in [6.07, 6.45) is 3.20. The maximum absolute atomic E-state index is 12.7. The van der Waals surface area contributed by atoms with Gasteiger partial charge in [-0.15, -0.1) is 0 Å². The van der Waals surface area contributed by atoms with E-state index in [-0.39, 0.29) is 23.6 Å². The van der Waals surface area contributed by atoms with Crippen molar-refractivity contribution in [2.24, 2.45) is 5.92 Å². The number of ether oxygens (including phenoxy) is 1. The molecular formula is C19H22N2O3. The van der Waals surface area contributed by atoms with Gasteiger partial charge in [-0.2, -0.15) is 0 Å². The molecule has 0 fully saturated rings. The van der Waals surface area contributed by atoms with Gasteiger partial charge in [0.05, 0.1) is 6.61 Å². The molecule has 1 aromatic carbocycles. The van der Waals surface area contributed by atoms with Crippen molar-refractivity contribution in [1.82, 2.24) is 9.55 Å². The largest absolute Gasteiger partial charge is 0.462 e. The van der Waals surface area contributed by atoms with E-state index in [1.807, 2.05) is 18.2 Å². The van der Waals surface area contributed by atoms with E-state index in [1.54, 1.807) is 11.5 Å². The number of aromatic nitrogens is 2. The van der Waals surface area contributed by atoms with E-state index in [2.05, 4.69) is 24.0 Å². The Bertz CT molecular complexity index is 783. The Balaban J connectivity index is 1.97. The minimum atomic E-state index is -0.594. The summed E-state index contributed by atoms with van der Waals surface area (Å²) in [5.74, 6) is 0.724. The minimum Gasteiger partial charge on any atom is -0.462 e. The number of fused-ring (bicyclic) bond motifs is 1. The topological polar surface area (TPSA) is 61.2 Å². The number of carbonyl (C=O) groups is 1. The van der Waals surface area contributed by atoms with Gasteiger partial charge in [-0.25, -0.2) is 9.78 Å². The smallest absolute Gasteiger partial charge is 0.345 e. The highest BCUT2D eigenvalue weighted by molar-refractivity contribution is 5.88. The predicted octanol–water partition coefficient (Wildman–Crippen LogP) is 2.79. The average Bonchev–Trinajstić information content (AvgIpc) is 2.57. The van der Waals surface area contributed by atoms with Gasteiger partial charge in [0.2, 0.25) is 0 Å². The molecule has 2 heterocycles. The van der Waals surface area contributed by atoms with E-state index in [4.69, 9.17) is 4.74 Å². The molecule has 0 saturated carbocycles. The third-order valence-corrected chi connectivity index (χ3v) is 4.44. The van der Waals surface area contributed by atoms with Crippen molar-refractivity contribution in [3.8, 4) is 0 Å². The fraction of sp³-hybridized carbons (Fsp3) is 0.421. The van der Waals surface area contributed by atoms with Crippen molar-refractivity contribution in [3.63, 3.8) is 0 Å². The van der Waals surface area contributed by atoms with Crippen LogP contribution in [0.15, 0.2) is 41.3 Å². The summed E-state index contributed by atoms with van der Waals surface area (Å²) in [6, 6.07) is 10.2. The Morgan fingerprint density at radius 1 is 1.33 bits per heavy atom. The number of esters is 1. The Labute approximate surface area is 141 Å². The van der Waals surface area contributed by atoms with Crippen LogP contribution in [0.1, 0.15) is 47.9 Å². The summed E-state index contributed by atoms with van der Waals surface area (Å²) in [5, 5.41) is 0. The summed E-state index contributed by atoms with van der Waals surface area (Å²) in [7, 11) is 0. The quantitative estimate of drug-likeness (QED) is 0.811. The number of hydrogen-bond acceptors (Lipinski definition) is 4. The maximum atomic E-state index is 12.7. The highest BCUT2D eigenvalue weighted by atomic mass is 16.5. The van der Waals surface area contributed by atoms with Gasteiger partial charge < -0.3 is 4.74 Å². The van der Waals surface area contributed by atoms with Crippen molar-refractivity contribution < 1.29 is 9.53 Å². The summed E-state index contributed by atoms with van der Waals surface area (Å²) < 4.78 is 6.62. The van der Waals surface area contributed by atoms with E-state index in [9.17, 15) is 9.59 Å². The van der Waals surface area contributed by atoms with Crippen LogP contribution in [0.5, 0.6) is 0 Å². The summed E-state index contributed by atoms with van der Waals surface area (Å²) in [4.78, 5) is 29.1. The number of benzene rings is 1. The monoisotopic (exact) mass is 326 g/mol. The first-order valence-electron chi connectivity index (χ1n) is 8.41. The lowest BCUT2D eigenvalue weighted by atomic mass is 9.86. The molecule has 0 bridgehead atoms. The third kappa shape index (κ3) is 3.25. The molecular weight excluding hydrogens is 304 g/mol. The van der Waals surface area contributed by atoms with E-state index in [0.29, 0.717) is 12.5 Å². The van der Waals surface area contributed by atoms with Crippen molar-refractivity contribution in [3.05, 3.63) is 63.8 Å². The van der Waals surface area contributed by atoms with Gasteiger partial charge in [0.1, 0.15) is 11.4 Å². The van der Waals surface area contributed by atoms with Crippen molar-refractivity contribution in [2.45, 2.75) is 39.2 Å². The number of nitrogens with zero attached hydrogens (tertiary/aromatic N) is 2. The molecule has 0 unspecified atom stereocenters. The molecule has 24 heavy (non-hydrogen) atoms. The standard InChI is InChI=1S/C19H22N2O3/c1-3-24-19(23)16-11-20-17-15(10-14-7-5-4-6-8-14)9-13(2)12-21(17)18(16)22/h4-8,11,13,15H,3,9-10,12H2,1-2H3/t13-,15+/m0/s1. The highest BCUT2D eigenvalue weighted by Gasteiger charge is 2.29. The normalized spacial score (nSPS) is 19.6. The van der Waals surface area contributed by atoms with Gasteiger partial charge in [-0.1, -0.05) is 37.3 Å². The third-order valence-electron chi connectivity index (χ3n) is 4.44. The average molecular weight is 326 g/mol. The maximum Gasteiger partial charge on any atom is 0.345 e.